The van der Waals surface area contributed by atoms with E-state index in [9.17, 15) is 0 Å². The fourth-order valence-corrected chi connectivity index (χ4v) is 2.52. The van der Waals surface area contributed by atoms with Crippen molar-refractivity contribution < 1.29 is 0 Å². The summed E-state index contributed by atoms with van der Waals surface area (Å²) in [5, 5.41) is 0.979. The van der Waals surface area contributed by atoms with E-state index in [1.54, 1.807) is 6.33 Å². The smallest absolute Gasteiger partial charge is 0.139 e. The lowest BCUT2D eigenvalue weighted by atomic mass is 10.1. The van der Waals surface area contributed by atoms with Gasteiger partial charge in [-0.3, -0.25) is 0 Å². The molecule has 0 unspecified atom stereocenters. The summed E-state index contributed by atoms with van der Waals surface area (Å²) < 4.78 is 0. The van der Waals surface area contributed by atoms with Crippen LogP contribution in [0.1, 0.15) is 11.1 Å². The Morgan fingerprint density at radius 3 is 2.76 bits per heavy atom. The van der Waals surface area contributed by atoms with Crippen LogP contribution in [0.15, 0.2) is 48.8 Å². The molecule has 0 saturated heterocycles. The first-order valence-electron chi connectivity index (χ1n) is 6.90. The maximum absolute atomic E-state index is 5.89. The summed E-state index contributed by atoms with van der Waals surface area (Å²) in [5.74, 6) is 0.897. The van der Waals surface area contributed by atoms with Crippen molar-refractivity contribution in [1.82, 2.24) is 9.97 Å². The molecule has 21 heavy (non-hydrogen) atoms. The molecular formula is C17H18N4. The van der Waals surface area contributed by atoms with Crippen molar-refractivity contribution in [3.8, 4) is 0 Å². The molecule has 0 aliphatic rings. The van der Waals surface area contributed by atoms with Crippen molar-refractivity contribution in [3.63, 3.8) is 0 Å². The molecule has 4 heteroatoms. The van der Waals surface area contributed by atoms with Crippen molar-refractivity contribution >= 4 is 22.4 Å². The molecule has 0 spiro atoms. The average Bonchev–Trinajstić information content (AvgIpc) is 2.46. The number of aryl methyl sites for hydroxylation is 1. The number of nitrogen functional groups attached to an aromatic ring is 1. The number of aromatic nitrogens is 2. The third kappa shape index (κ3) is 2.79. The van der Waals surface area contributed by atoms with Gasteiger partial charge in [-0.1, -0.05) is 29.8 Å². The molecule has 0 amide bonds. The summed E-state index contributed by atoms with van der Waals surface area (Å²) in [6, 6.07) is 14.2. The molecule has 0 saturated carbocycles. The van der Waals surface area contributed by atoms with Gasteiger partial charge in [-0.05, 0) is 30.7 Å². The van der Waals surface area contributed by atoms with E-state index in [1.807, 2.05) is 25.2 Å². The lowest BCUT2D eigenvalue weighted by Gasteiger charge is -2.20. The number of nitrogens with two attached hydrogens (primary N) is 1. The largest absolute Gasteiger partial charge is 0.399 e. The van der Waals surface area contributed by atoms with Gasteiger partial charge in [0.2, 0.25) is 0 Å². The Bertz CT molecular complexity index is 783. The lowest BCUT2D eigenvalue weighted by Crippen LogP contribution is -2.18. The van der Waals surface area contributed by atoms with Crippen LogP contribution < -0.4 is 10.6 Å². The Balaban J connectivity index is 1.98. The second-order valence-corrected chi connectivity index (χ2v) is 5.32. The van der Waals surface area contributed by atoms with Crippen LogP contribution in [-0.2, 0) is 6.54 Å². The fraction of sp³-hybridized carbons (Fsp3) is 0.176. The Labute approximate surface area is 124 Å². The van der Waals surface area contributed by atoms with Gasteiger partial charge < -0.3 is 10.6 Å². The number of nitrogens with zero attached hydrogens (tertiary/aromatic N) is 3. The van der Waals surface area contributed by atoms with Crippen molar-refractivity contribution in [1.29, 1.82) is 0 Å². The molecule has 0 atom stereocenters. The zero-order valence-corrected chi connectivity index (χ0v) is 12.2. The summed E-state index contributed by atoms with van der Waals surface area (Å²) in [5.41, 5.74) is 10.0. The summed E-state index contributed by atoms with van der Waals surface area (Å²) in [7, 11) is 2.04. The number of fused-ring (bicyclic) bond motifs is 1. The molecule has 0 aliphatic carbocycles. The number of hydrogen-bond acceptors (Lipinski definition) is 4. The minimum atomic E-state index is 0.725. The van der Waals surface area contributed by atoms with Gasteiger partial charge >= 0.3 is 0 Å². The van der Waals surface area contributed by atoms with Crippen LogP contribution in [0.2, 0.25) is 0 Å². The van der Waals surface area contributed by atoms with E-state index in [4.69, 9.17) is 5.73 Å². The van der Waals surface area contributed by atoms with Gasteiger partial charge in [0.15, 0.2) is 0 Å². The monoisotopic (exact) mass is 278 g/mol. The van der Waals surface area contributed by atoms with Crippen molar-refractivity contribution in [2.45, 2.75) is 13.5 Å². The topological polar surface area (TPSA) is 55.0 Å². The van der Waals surface area contributed by atoms with Crippen LogP contribution in [0.25, 0.3) is 10.9 Å². The first-order chi connectivity index (χ1) is 10.1. The standard InChI is InChI=1S/C17H18N4/c1-12-4-3-5-13(8-12)10-21(2)17-15-9-14(18)6-7-16(15)19-11-20-17/h3-9,11H,10,18H2,1-2H3. The molecule has 0 radical (unpaired) electrons. The Kier molecular flexibility index (Phi) is 3.44. The van der Waals surface area contributed by atoms with Crippen LogP contribution in [0.5, 0.6) is 0 Å². The maximum Gasteiger partial charge on any atom is 0.139 e. The van der Waals surface area contributed by atoms with Crippen LogP contribution >= 0.6 is 0 Å². The highest BCUT2D eigenvalue weighted by Gasteiger charge is 2.09. The van der Waals surface area contributed by atoms with Crippen molar-refractivity contribution in [3.05, 3.63) is 59.9 Å². The molecule has 4 nitrogen and oxygen atoms in total. The molecule has 2 N–H and O–H groups in total. The molecule has 0 bridgehead atoms. The van der Waals surface area contributed by atoms with Crippen molar-refractivity contribution in [2.24, 2.45) is 0 Å². The predicted octanol–water partition coefficient (Wildman–Crippen LogP) is 3.16. The van der Waals surface area contributed by atoms with Crippen LogP contribution in [0, 0.1) is 6.92 Å². The van der Waals surface area contributed by atoms with E-state index in [0.717, 1.165) is 29.0 Å². The first-order valence-corrected chi connectivity index (χ1v) is 6.90. The second-order valence-electron chi connectivity index (χ2n) is 5.32. The zero-order chi connectivity index (χ0) is 14.8. The number of anilines is 2. The molecule has 0 fully saturated rings. The summed E-state index contributed by atoms with van der Waals surface area (Å²) >= 11 is 0. The van der Waals surface area contributed by atoms with Gasteiger partial charge in [-0.15, -0.1) is 0 Å². The highest BCUT2D eigenvalue weighted by molar-refractivity contribution is 5.91. The first kappa shape index (κ1) is 13.4. The van der Waals surface area contributed by atoms with Crippen LogP contribution in [0.3, 0.4) is 0 Å². The van der Waals surface area contributed by atoms with Gasteiger partial charge in [0.25, 0.3) is 0 Å². The van der Waals surface area contributed by atoms with Crippen molar-refractivity contribution in [2.75, 3.05) is 17.7 Å². The van der Waals surface area contributed by atoms with E-state index >= 15 is 0 Å². The average molecular weight is 278 g/mol. The second kappa shape index (κ2) is 5.40. The predicted molar refractivity (Wildman–Crippen MR) is 87.2 cm³/mol. The minimum Gasteiger partial charge on any atom is -0.399 e. The number of benzene rings is 2. The van der Waals surface area contributed by atoms with Crippen LogP contribution in [0.4, 0.5) is 11.5 Å². The molecule has 3 aromatic rings. The molecular weight excluding hydrogens is 260 g/mol. The van der Waals surface area contributed by atoms with Gasteiger partial charge in [-0.2, -0.15) is 0 Å². The third-order valence-corrected chi connectivity index (χ3v) is 3.50. The summed E-state index contributed by atoms with van der Waals surface area (Å²) in [4.78, 5) is 10.8. The van der Waals surface area contributed by atoms with E-state index in [2.05, 4.69) is 46.1 Å². The Morgan fingerprint density at radius 2 is 1.95 bits per heavy atom. The van der Waals surface area contributed by atoms with Crippen LogP contribution in [-0.4, -0.2) is 17.0 Å². The number of hydrogen-bond donors (Lipinski definition) is 1. The molecule has 106 valence electrons. The lowest BCUT2D eigenvalue weighted by molar-refractivity contribution is 0.899. The van der Waals surface area contributed by atoms with E-state index in [-0.39, 0.29) is 0 Å². The van der Waals surface area contributed by atoms with Gasteiger partial charge in [0, 0.05) is 24.7 Å². The summed E-state index contributed by atoms with van der Waals surface area (Å²) in [6.07, 6.45) is 1.60. The maximum atomic E-state index is 5.89. The molecule has 1 heterocycles. The normalized spacial score (nSPS) is 10.8. The Morgan fingerprint density at radius 1 is 1.10 bits per heavy atom. The van der Waals surface area contributed by atoms with E-state index in [0.29, 0.717) is 0 Å². The SMILES string of the molecule is Cc1cccc(CN(C)c2ncnc3ccc(N)cc23)c1. The zero-order valence-electron chi connectivity index (χ0n) is 12.2. The minimum absolute atomic E-state index is 0.725. The van der Waals surface area contributed by atoms with E-state index in [1.165, 1.54) is 11.1 Å². The summed E-state index contributed by atoms with van der Waals surface area (Å²) in [6.45, 7) is 2.90. The highest BCUT2D eigenvalue weighted by Crippen LogP contribution is 2.25. The van der Waals surface area contributed by atoms with Gasteiger partial charge in [0.05, 0.1) is 5.52 Å². The molecule has 1 aromatic heterocycles. The molecule has 2 aromatic carbocycles. The highest BCUT2D eigenvalue weighted by atomic mass is 15.2. The molecule has 0 aliphatic heterocycles. The Hall–Kier alpha value is -2.62. The van der Waals surface area contributed by atoms with E-state index < -0.39 is 0 Å². The molecule has 3 rings (SSSR count). The van der Waals surface area contributed by atoms with Gasteiger partial charge in [0.1, 0.15) is 12.1 Å². The fourth-order valence-electron chi connectivity index (χ4n) is 2.52. The number of rotatable bonds is 3. The van der Waals surface area contributed by atoms with Gasteiger partial charge in [-0.25, -0.2) is 9.97 Å². The quantitative estimate of drug-likeness (QED) is 0.748. The third-order valence-electron chi connectivity index (χ3n) is 3.50.